The number of benzene rings is 3. The van der Waals surface area contributed by atoms with E-state index < -0.39 is 5.97 Å². The lowest BCUT2D eigenvalue weighted by Crippen LogP contribution is -2.22. The predicted molar refractivity (Wildman–Crippen MR) is 114 cm³/mol. The van der Waals surface area contributed by atoms with Gasteiger partial charge in [0, 0.05) is 19.0 Å². The molecule has 1 aromatic heterocycles. The van der Waals surface area contributed by atoms with Gasteiger partial charge in [-0.1, -0.05) is 48.5 Å². The number of aliphatic carboxylic acids is 1. The van der Waals surface area contributed by atoms with Crippen molar-refractivity contribution < 1.29 is 14.3 Å². The first-order valence-corrected chi connectivity index (χ1v) is 9.51. The van der Waals surface area contributed by atoms with Gasteiger partial charge in [0.25, 0.3) is 5.56 Å². The fourth-order valence-electron chi connectivity index (χ4n) is 3.70. The van der Waals surface area contributed by atoms with Gasteiger partial charge < -0.3 is 5.11 Å². The molecule has 5 nitrogen and oxygen atoms in total. The van der Waals surface area contributed by atoms with Crippen molar-refractivity contribution in [3.8, 4) is 22.3 Å². The maximum atomic E-state index is 13.4. The minimum atomic E-state index is -0.857. The maximum absolute atomic E-state index is 13.4. The van der Waals surface area contributed by atoms with Gasteiger partial charge in [-0.2, -0.15) is 5.10 Å². The molecule has 4 aromatic rings. The molecule has 0 radical (unpaired) electrons. The van der Waals surface area contributed by atoms with E-state index in [9.17, 15) is 14.0 Å². The summed E-state index contributed by atoms with van der Waals surface area (Å²) < 4.78 is 14.7. The van der Waals surface area contributed by atoms with E-state index in [1.165, 1.54) is 16.8 Å². The number of halogens is 1. The van der Waals surface area contributed by atoms with Crippen LogP contribution in [0.3, 0.4) is 0 Å². The molecule has 0 fully saturated rings. The summed E-state index contributed by atoms with van der Waals surface area (Å²) in [4.78, 5) is 24.1. The number of aromatic nitrogens is 2. The molecule has 1 N–H and O–H groups in total. The van der Waals surface area contributed by atoms with Crippen LogP contribution in [0.5, 0.6) is 0 Å². The first-order valence-electron chi connectivity index (χ1n) is 9.51. The van der Waals surface area contributed by atoms with Crippen molar-refractivity contribution in [2.24, 2.45) is 7.05 Å². The highest BCUT2D eigenvalue weighted by molar-refractivity contribution is 6.01. The summed E-state index contributed by atoms with van der Waals surface area (Å²) in [5, 5.41) is 15.0. The van der Waals surface area contributed by atoms with E-state index in [-0.39, 0.29) is 17.8 Å². The van der Waals surface area contributed by atoms with Crippen LogP contribution >= 0.6 is 0 Å². The molecule has 0 unspecified atom stereocenters. The number of fused-ring (bicyclic) bond motifs is 1. The molecule has 0 saturated heterocycles. The lowest BCUT2D eigenvalue weighted by atomic mass is 9.91. The average Bonchev–Trinajstić information content (AvgIpc) is 2.74. The molecule has 6 heteroatoms. The largest absolute Gasteiger partial charge is 0.481 e. The summed E-state index contributed by atoms with van der Waals surface area (Å²) in [5.74, 6) is -1.21. The molecular weight excluding hydrogens is 383 g/mol. The van der Waals surface area contributed by atoms with Gasteiger partial charge in [-0.05, 0) is 46.0 Å². The van der Waals surface area contributed by atoms with Crippen LogP contribution in [-0.4, -0.2) is 20.9 Å². The minimum Gasteiger partial charge on any atom is -0.481 e. The van der Waals surface area contributed by atoms with Gasteiger partial charge in [-0.25, -0.2) is 9.07 Å². The van der Waals surface area contributed by atoms with Crippen LogP contribution in [0.25, 0.3) is 33.0 Å². The lowest BCUT2D eigenvalue weighted by Gasteiger charge is -2.14. The molecule has 0 aliphatic rings. The maximum Gasteiger partial charge on any atom is 0.303 e. The molecule has 0 aliphatic heterocycles. The summed E-state index contributed by atoms with van der Waals surface area (Å²) in [5.41, 5.74) is 3.15. The molecule has 0 bridgehead atoms. The van der Waals surface area contributed by atoms with E-state index in [4.69, 9.17) is 5.11 Å². The Bertz CT molecular complexity index is 1310. The van der Waals surface area contributed by atoms with E-state index >= 15 is 0 Å². The fraction of sp³-hybridized carbons (Fsp3) is 0.125. The van der Waals surface area contributed by atoms with Gasteiger partial charge in [0.2, 0.25) is 0 Å². The average molecular weight is 402 g/mol. The van der Waals surface area contributed by atoms with Crippen LogP contribution in [0.1, 0.15) is 12.0 Å². The Labute approximate surface area is 172 Å². The summed E-state index contributed by atoms with van der Waals surface area (Å²) in [6.07, 6.45) is 2.04. The third-order valence-corrected chi connectivity index (χ3v) is 5.18. The Hall–Kier alpha value is -3.80. The van der Waals surface area contributed by atoms with Crippen molar-refractivity contribution in [3.05, 3.63) is 88.6 Å². The number of hydrogen-bond acceptors (Lipinski definition) is 3. The predicted octanol–water partition coefficient (Wildman–Crippen LogP) is 4.42. The Morgan fingerprint density at radius 2 is 1.70 bits per heavy atom. The van der Waals surface area contributed by atoms with Crippen LogP contribution in [0.4, 0.5) is 4.39 Å². The van der Waals surface area contributed by atoms with E-state index in [1.54, 1.807) is 25.4 Å². The monoisotopic (exact) mass is 402 g/mol. The molecule has 0 saturated carbocycles. The van der Waals surface area contributed by atoms with Gasteiger partial charge in [0.1, 0.15) is 5.82 Å². The molecule has 0 amide bonds. The van der Waals surface area contributed by atoms with Crippen molar-refractivity contribution in [2.45, 2.75) is 12.8 Å². The molecule has 0 spiro atoms. The second kappa shape index (κ2) is 7.91. The van der Waals surface area contributed by atoms with Gasteiger partial charge >= 0.3 is 5.97 Å². The second-order valence-electron chi connectivity index (χ2n) is 7.08. The van der Waals surface area contributed by atoms with Crippen LogP contribution in [-0.2, 0) is 18.3 Å². The Morgan fingerprint density at radius 3 is 2.43 bits per heavy atom. The normalized spacial score (nSPS) is 11.0. The van der Waals surface area contributed by atoms with E-state index in [1.807, 2.05) is 36.4 Å². The van der Waals surface area contributed by atoms with Crippen molar-refractivity contribution in [3.63, 3.8) is 0 Å². The van der Waals surface area contributed by atoms with Gasteiger partial charge in [0.15, 0.2) is 0 Å². The smallest absolute Gasteiger partial charge is 0.303 e. The number of rotatable bonds is 5. The number of carboxylic acid groups (broad SMARTS) is 1. The van der Waals surface area contributed by atoms with Crippen molar-refractivity contribution >= 4 is 16.7 Å². The standard InChI is InChI=1S/C24H19FN2O3/c1-27-24(30)23(21(14-26-27)16-8-11-17(25)12-9-16)20-7-3-5-18-15(10-13-22(28)29)4-2-6-19(18)20/h2-9,11-12,14H,10,13H2,1H3,(H,28,29). The summed E-state index contributed by atoms with van der Waals surface area (Å²) in [6, 6.07) is 17.3. The summed E-state index contributed by atoms with van der Waals surface area (Å²) >= 11 is 0. The van der Waals surface area contributed by atoms with Crippen LogP contribution in [0.2, 0.25) is 0 Å². The van der Waals surface area contributed by atoms with E-state index in [2.05, 4.69) is 5.10 Å². The second-order valence-corrected chi connectivity index (χ2v) is 7.08. The van der Waals surface area contributed by atoms with Crippen molar-refractivity contribution in [2.75, 3.05) is 0 Å². The Balaban J connectivity index is 1.98. The van der Waals surface area contributed by atoms with E-state index in [0.717, 1.165) is 21.9 Å². The van der Waals surface area contributed by atoms with E-state index in [0.29, 0.717) is 23.1 Å². The molecule has 150 valence electrons. The molecule has 0 atom stereocenters. The number of carbonyl (C=O) groups is 1. The van der Waals surface area contributed by atoms with Crippen molar-refractivity contribution in [1.29, 1.82) is 0 Å². The highest BCUT2D eigenvalue weighted by Crippen LogP contribution is 2.34. The quantitative estimate of drug-likeness (QED) is 0.536. The van der Waals surface area contributed by atoms with Crippen LogP contribution in [0, 0.1) is 5.82 Å². The van der Waals surface area contributed by atoms with Crippen LogP contribution < -0.4 is 5.56 Å². The van der Waals surface area contributed by atoms with Gasteiger partial charge in [0.05, 0.1) is 11.8 Å². The molecule has 1 heterocycles. The zero-order valence-electron chi connectivity index (χ0n) is 16.3. The lowest BCUT2D eigenvalue weighted by molar-refractivity contribution is -0.136. The summed E-state index contributed by atoms with van der Waals surface area (Å²) in [6.45, 7) is 0. The number of aryl methyl sites for hydroxylation is 2. The zero-order valence-corrected chi connectivity index (χ0v) is 16.3. The zero-order chi connectivity index (χ0) is 21.3. The topological polar surface area (TPSA) is 72.2 Å². The molecular formula is C24H19FN2O3. The number of carboxylic acids is 1. The van der Waals surface area contributed by atoms with Gasteiger partial charge in [-0.15, -0.1) is 0 Å². The molecule has 4 rings (SSSR count). The first kappa shape index (κ1) is 19.5. The fourth-order valence-corrected chi connectivity index (χ4v) is 3.70. The third kappa shape index (κ3) is 3.59. The number of hydrogen-bond donors (Lipinski definition) is 1. The highest BCUT2D eigenvalue weighted by Gasteiger charge is 2.17. The number of nitrogens with zero attached hydrogens (tertiary/aromatic N) is 2. The first-order chi connectivity index (χ1) is 14.5. The molecule has 3 aromatic carbocycles. The summed E-state index contributed by atoms with van der Waals surface area (Å²) in [7, 11) is 1.59. The highest BCUT2D eigenvalue weighted by atomic mass is 19.1. The Morgan fingerprint density at radius 1 is 1.00 bits per heavy atom. The Kier molecular flexibility index (Phi) is 5.14. The minimum absolute atomic E-state index is 0.0290. The van der Waals surface area contributed by atoms with Crippen LogP contribution in [0.15, 0.2) is 71.7 Å². The van der Waals surface area contributed by atoms with Crippen molar-refractivity contribution in [1.82, 2.24) is 9.78 Å². The SMILES string of the molecule is Cn1ncc(-c2ccc(F)cc2)c(-c2cccc3c(CCC(=O)O)cccc23)c1=O. The molecule has 30 heavy (non-hydrogen) atoms. The van der Waals surface area contributed by atoms with Gasteiger partial charge in [-0.3, -0.25) is 9.59 Å². The third-order valence-electron chi connectivity index (χ3n) is 5.18. The molecule has 0 aliphatic carbocycles.